The Hall–Kier alpha value is -2.44. The number of aryl methyl sites for hydroxylation is 1. The average molecular weight is 303 g/mol. The fourth-order valence-corrected chi connectivity index (χ4v) is 2.76. The summed E-state index contributed by atoms with van der Waals surface area (Å²) in [5.41, 5.74) is 1.09. The van der Waals surface area contributed by atoms with Crippen LogP contribution in [0.25, 0.3) is 0 Å². The van der Waals surface area contributed by atoms with Gasteiger partial charge in [-0.1, -0.05) is 6.07 Å². The maximum Gasteiger partial charge on any atom is 0.322 e. The van der Waals surface area contributed by atoms with Crippen LogP contribution in [0.1, 0.15) is 36.7 Å². The predicted molar refractivity (Wildman–Crippen MR) is 79.8 cm³/mol. The lowest BCUT2D eigenvalue weighted by Gasteiger charge is -2.34. The van der Waals surface area contributed by atoms with Gasteiger partial charge in [0.15, 0.2) is 0 Å². The highest BCUT2D eigenvalue weighted by molar-refractivity contribution is 5.89. The van der Waals surface area contributed by atoms with Crippen molar-refractivity contribution in [2.75, 3.05) is 11.9 Å². The van der Waals surface area contributed by atoms with Gasteiger partial charge < -0.3 is 10.2 Å². The van der Waals surface area contributed by atoms with Crippen LogP contribution in [0.3, 0.4) is 0 Å². The Morgan fingerprint density at radius 1 is 1.45 bits per heavy atom. The van der Waals surface area contributed by atoms with Gasteiger partial charge >= 0.3 is 6.03 Å². The van der Waals surface area contributed by atoms with Crippen molar-refractivity contribution in [3.63, 3.8) is 0 Å². The fraction of sp³-hybridized carbons (Fsp3) is 0.400. The Bertz CT molecular complexity index is 658. The Labute approximate surface area is 127 Å². The van der Waals surface area contributed by atoms with E-state index in [0.717, 1.165) is 24.8 Å². The van der Waals surface area contributed by atoms with Gasteiger partial charge in [-0.15, -0.1) is 0 Å². The summed E-state index contributed by atoms with van der Waals surface area (Å²) in [4.78, 5) is 18.4. The van der Waals surface area contributed by atoms with Crippen LogP contribution in [0, 0.1) is 12.7 Å². The standard InChI is InChI=1S/C15H18FN5O/c1-10-5-6-11(16)12(8-10)19-15(22)21-7-3-2-4-13(21)14-17-9-18-20-14/h5-6,8-9,13H,2-4,7H2,1H3,(H,19,22)(H,17,18,20)/t13-/m1/s1. The molecule has 22 heavy (non-hydrogen) atoms. The van der Waals surface area contributed by atoms with E-state index in [4.69, 9.17) is 0 Å². The Balaban J connectivity index is 1.79. The molecule has 0 unspecified atom stereocenters. The smallest absolute Gasteiger partial charge is 0.314 e. The summed E-state index contributed by atoms with van der Waals surface area (Å²) in [6.07, 6.45) is 4.20. The van der Waals surface area contributed by atoms with Crippen molar-refractivity contribution < 1.29 is 9.18 Å². The van der Waals surface area contributed by atoms with Crippen LogP contribution >= 0.6 is 0 Å². The van der Waals surface area contributed by atoms with Crippen LogP contribution in [0.5, 0.6) is 0 Å². The van der Waals surface area contributed by atoms with Crippen molar-refractivity contribution in [3.05, 3.63) is 41.7 Å². The Kier molecular flexibility index (Phi) is 4.04. The number of hydrogen-bond acceptors (Lipinski definition) is 3. The van der Waals surface area contributed by atoms with Crippen LogP contribution in [0.4, 0.5) is 14.9 Å². The van der Waals surface area contributed by atoms with Gasteiger partial charge in [0.05, 0.1) is 11.7 Å². The highest BCUT2D eigenvalue weighted by Gasteiger charge is 2.30. The molecule has 6 nitrogen and oxygen atoms in total. The van der Waals surface area contributed by atoms with E-state index in [1.165, 1.54) is 12.4 Å². The number of hydrogen-bond donors (Lipinski definition) is 2. The molecule has 1 aliphatic heterocycles. The molecule has 2 aromatic rings. The van der Waals surface area contributed by atoms with Crippen molar-refractivity contribution >= 4 is 11.7 Å². The van der Waals surface area contributed by atoms with E-state index >= 15 is 0 Å². The monoisotopic (exact) mass is 303 g/mol. The maximum absolute atomic E-state index is 13.8. The topological polar surface area (TPSA) is 73.9 Å². The summed E-state index contributed by atoms with van der Waals surface area (Å²) in [5, 5.41) is 9.33. The number of carbonyl (C=O) groups is 1. The molecule has 3 rings (SSSR count). The molecule has 116 valence electrons. The molecule has 0 spiro atoms. The molecule has 1 aliphatic rings. The summed E-state index contributed by atoms with van der Waals surface area (Å²) in [6.45, 7) is 2.47. The second-order valence-corrected chi connectivity index (χ2v) is 5.49. The van der Waals surface area contributed by atoms with Gasteiger partial charge in [-0.2, -0.15) is 5.10 Å². The van der Waals surface area contributed by atoms with Crippen molar-refractivity contribution in [2.24, 2.45) is 0 Å². The number of nitrogens with zero attached hydrogens (tertiary/aromatic N) is 3. The normalized spacial score (nSPS) is 18.3. The molecular formula is C15H18FN5O. The quantitative estimate of drug-likeness (QED) is 0.895. The van der Waals surface area contributed by atoms with Gasteiger partial charge in [0.2, 0.25) is 0 Å². The summed E-state index contributed by atoms with van der Waals surface area (Å²) in [6, 6.07) is 4.19. The molecule has 1 fully saturated rings. The lowest BCUT2D eigenvalue weighted by Crippen LogP contribution is -2.41. The molecular weight excluding hydrogens is 285 g/mol. The first-order chi connectivity index (χ1) is 10.6. The number of aromatic amines is 1. The number of urea groups is 1. The van der Waals surface area contributed by atoms with Gasteiger partial charge in [-0.3, -0.25) is 5.10 Å². The van der Waals surface area contributed by atoms with Crippen molar-refractivity contribution in [2.45, 2.75) is 32.2 Å². The lowest BCUT2D eigenvalue weighted by molar-refractivity contribution is 0.159. The summed E-state index contributed by atoms with van der Waals surface area (Å²) >= 11 is 0. The number of carbonyl (C=O) groups excluding carboxylic acids is 1. The molecule has 2 amide bonds. The number of likely N-dealkylation sites (tertiary alicyclic amines) is 1. The van der Waals surface area contributed by atoms with E-state index < -0.39 is 5.82 Å². The van der Waals surface area contributed by atoms with Gasteiger partial charge in [0.25, 0.3) is 0 Å². The zero-order valence-electron chi connectivity index (χ0n) is 12.3. The van der Waals surface area contributed by atoms with Gasteiger partial charge in [0, 0.05) is 6.54 Å². The minimum atomic E-state index is -0.438. The van der Waals surface area contributed by atoms with Crippen LogP contribution in [0.15, 0.2) is 24.5 Å². The molecule has 0 radical (unpaired) electrons. The summed E-state index contributed by atoms with van der Waals surface area (Å²) in [5.74, 6) is 0.228. The SMILES string of the molecule is Cc1ccc(F)c(NC(=O)N2CCCC[C@@H]2c2ncn[nH]2)c1. The van der Waals surface area contributed by atoms with E-state index in [1.807, 2.05) is 6.92 Å². The molecule has 2 heterocycles. The van der Waals surface area contributed by atoms with Crippen molar-refractivity contribution in [1.82, 2.24) is 20.1 Å². The van der Waals surface area contributed by atoms with E-state index in [2.05, 4.69) is 20.5 Å². The van der Waals surface area contributed by atoms with Crippen LogP contribution in [-0.4, -0.2) is 32.7 Å². The highest BCUT2D eigenvalue weighted by atomic mass is 19.1. The summed E-state index contributed by atoms with van der Waals surface area (Å²) in [7, 11) is 0. The molecule has 1 aromatic heterocycles. The van der Waals surface area contributed by atoms with Gasteiger partial charge in [0.1, 0.15) is 18.0 Å². The van der Waals surface area contributed by atoms with Crippen LogP contribution in [-0.2, 0) is 0 Å². The maximum atomic E-state index is 13.8. The predicted octanol–water partition coefficient (Wildman–Crippen LogP) is 3.01. The first-order valence-electron chi connectivity index (χ1n) is 7.34. The highest BCUT2D eigenvalue weighted by Crippen LogP contribution is 2.29. The molecule has 7 heteroatoms. The molecule has 0 aliphatic carbocycles. The van der Waals surface area contributed by atoms with Crippen LogP contribution in [0.2, 0.25) is 0 Å². The molecule has 0 bridgehead atoms. The van der Waals surface area contributed by atoms with Crippen LogP contribution < -0.4 is 5.32 Å². The largest absolute Gasteiger partial charge is 0.322 e. The summed E-state index contributed by atoms with van der Waals surface area (Å²) < 4.78 is 13.8. The number of amides is 2. The first kappa shape index (κ1) is 14.5. The number of anilines is 1. The number of nitrogens with one attached hydrogen (secondary N) is 2. The van der Waals surface area contributed by atoms with E-state index in [9.17, 15) is 9.18 Å². The number of H-pyrrole nitrogens is 1. The fourth-order valence-electron chi connectivity index (χ4n) is 2.76. The minimum Gasteiger partial charge on any atom is -0.314 e. The van der Waals surface area contributed by atoms with Gasteiger partial charge in [-0.05, 0) is 43.9 Å². The Morgan fingerprint density at radius 2 is 2.32 bits per heavy atom. The minimum absolute atomic E-state index is 0.149. The number of piperidine rings is 1. The molecule has 2 N–H and O–H groups in total. The number of aromatic nitrogens is 3. The molecule has 0 saturated carbocycles. The third-order valence-electron chi connectivity index (χ3n) is 3.88. The second kappa shape index (κ2) is 6.13. The number of rotatable bonds is 2. The molecule has 1 atom stereocenters. The van der Waals surface area contributed by atoms with Gasteiger partial charge in [-0.25, -0.2) is 14.2 Å². The van der Waals surface area contributed by atoms with Crippen molar-refractivity contribution in [1.29, 1.82) is 0 Å². The molecule has 1 saturated heterocycles. The number of benzene rings is 1. The Morgan fingerprint density at radius 3 is 3.09 bits per heavy atom. The van der Waals surface area contributed by atoms with E-state index in [-0.39, 0.29) is 17.8 Å². The zero-order chi connectivity index (χ0) is 15.5. The zero-order valence-corrected chi connectivity index (χ0v) is 12.3. The van der Waals surface area contributed by atoms with E-state index in [0.29, 0.717) is 12.4 Å². The molecule has 1 aromatic carbocycles. The third-order valence-corrected chi connectivity index (χ3v) is 3.88. The number of halogens is 1. The second-order valence-electron chi connectivity index (χ2n) is 5.49. The lowest BCUT2D eigenvalue weighted by atomic mass is 10.0. The third kappa shape index (κ3) is 2.93. The average Bonchev–Trinajstić information content (AvgIpc) is 3.05. The first-order valence-corrected chi connectivity index (χ1v) is 7.34. The van der Waals surface area contributed by atoms with E-state index in [1.54, 1.807) is 17.0 Å². The van der Waals surface area contributed by atoms with Crippen molar-refractivity contribution in [3.8, 4) is 0 Å².